The van der Waals surface area contributed by atoms with E-state index in [4.69, 9.17) is 11.1 Å². The Morgan fingerprint density at radius 2 is 1.86 bits per heavy atom. The summed E-state index contributed by atoms with van der Waals surface area (Å²) in [7, 11) is 0. The maximum Gasteiger partial charge on any atom is 0.323 e. The Balaban J connectivity index is 1.62. The maximum absolute atomic E-state index is 13.2. The molecular formula is C24H34N6O5. The summed E-state index contributed by atoms with van der Waals surface area (Å²) >= 11 is 0. The van der Waals surface area contributed by atoms with Crippen molar-refractivity contribution >= 4 is 29.7 Å². The van der Waals surface area contributed by atoms with Crippen LogP contribution in [0, 0.1) is 11.3 Å². The van der Waals surface area contributed by atoms with Gasteiger partial charge in [0.15, 0.2) is 5.96 Å². The number of guanidine groups is 1. The molecule has 1 aliphatic carbocycles. The van der Waals surface area contributed by atoms with E-state index in [2.05, 4.69) is 10.6 Å². The molecule has 0 bridgehead atoms. The predicted molar refractivity (Wildman–Crippen MR) is 128 cm³/mol. The number of carbonyl (C=O) groups excluding carboxylic acids is 3. The summed E-state index contributed by atoms with van der Waals surface area (Å²) in [6.45, 7) is 1.17. The van der Waals surface area contributed by atoms with Crippen LogP contribution in [0.2, 0.25) is 0 Å². The first-order valence-corrected chi connectivity index (χ1v) is 11.9. The van der Waals surface area contributed by atoms with Gasteiger partial charge in [0.2, 0.25) is 17.7 Å². The van der Waals surface area contributed by atoms with Crippen LogP contribution in [0.15, 0.2) is 30.3 Å². The first-order valence-electron chi connectivity index (χ1n) is 11.9. The van der Waals surface area contributed by atoms with E-state index in [9.17, 15) is 24.3 Å². The molecule has 11 nitrogen and oxygen atoms in total. The molecular weight excluding hydrogens is 452 g/mol. The van der Waals surface area contributed by atoms with Gasteiger partial charge in [-0.1, -0.05) is 30.3 Å². The van der Waals surface area contributed by atoms with Crippen LogP contribution in [0.4, 0.5) is 0 Å². The highest BCUT2D eigenvalue weighted by Gasteiger charge is 2.38. The summed E-state index contributed by atoms with van der Waals surface area (Å²) in [5, 5.41) is 22.3. The Kier molecular flexibility index (Phi) is 9.04. The lowest BCUT2D eigenvalue weighted by Gasteiger charge is -2.33. The number of likely N-dealkylation sites (tertiary alicyclic amines) is 1. The average Bonchev–Trinajstić information content (AvgIpc) is 3.66. The van der Waals surface area contributed by atoms with Crippen molar-refractivity contribution in [2.24, 2.45) is 11.7 Å². The third-order valence-electron chi connectivity index (χ3n) is 6.25. The number of carboxylic acid groups (broad SMARTS) is 1. The first-order chi connectivity index (χ1) is 16.7. The molecule has 35 heavy (non-hydrogen) atoms. The molecule has 1 saturated carbocycles. The van der Waals surface area contributed by atoms with Crippen molar-refractivity contribution in [3.05, 3.63) is 35.9 Å². The van der Waals surface area contributed by atoms with E-state index in [-0.39, 0.29) is 30.8 Å². The lowest BCUT2D eigenvalue weighted by atomic mass is 9.98. The molecule has 0 spiro atoms. The van der Waals surface area contributed by atoms with E-state index in [1.165, 1.54) is 4.90 Å². The van der Waals surface area contributed by atoms with Gasteiger partial charge in [0.05, 0.1) is 12.8 Å². The highest BCUT2D eigenvalue weighted by atomic mass is 16.4. The zero-order valence-electron chi connectivity index (χ0n) is 19.7. The van der Waals surface area contributed by atoms with Gasteiger partial charge in [-0.15, -0.1) is 0 Å². The molecule has 2 aliphatic rings. The molecule has 11 heteroatoms. The largest absolute Gasteiger partial charge is 0.480 e. The van der Waals surface area contributed by atoms with Crippen molar-refractivity contribution in [3.8, 4) is 0 Å². The van der Waals surface area contributed by atoms with Gasteiger partial charge in [0.25, 0.3) is 0 Å². The molecule has 1 saturated heterocycles. The van der Waals surface area contributed by atoms with Gasteiger partial charge < -0.3 is 31.3 Å². The van der Waals surface area contributed by atoms with Crippen molar-refractivity contribution in [3.63, 3.8) is 0 Å². The molecule has 1 heterocycles. The Hall–Kier alpha value is -3.63. The number of nitrogens with one attached hydrogen (secondary N) is 3. The van der Waals surface area contributed by atoms with Crippen molar-refractivity contribution in [1.29, 1.82) is 5.41 Å². The molecule has 2 fully saturated rings. The molecule has 1 aromatic rings. The number of carboxylic acids is 1. The number of hydrogen-bond acceptors (Lipinski definition) is 5. The average molecular weight is 487 g/mol. The summed E-state index contributed by atoms with van der Waals surface area (Å²) in [4.78, 5) is 53.0. The molecule has 3 rings (SSSR count). The topological polar surface area (TPSA) is 169 Å². The second-order valence-electron chi connectivity index (χ2n) is 9.22. The molecule has 3 amide bonds. The smallest absolute Gasteiger partial charge is 0.323 e. The second-order valence-corrected chi connectivity index (χ2v) is 9.22. The van der Waals surface area contributed by atoms with E-state index in [0.717, 1.165) is 18.4 Å². The third-order valence-corrected chi connectivity index (χ3v) is 6.25. The van der Waals surface area contributed by atoms with Crippen LogP contribution in [0.5, 0.6) is 0 Å². The van der Waals surface area contributed by atoms with E-state index >= 15 is 0 Å². The number of rotatable bonds is 11. The van der Waals surface area contributed by atoms with Gasteiger partial charge in [-0.05, 0) is 37.2 Å². The van der Waals surface area contributed by atoms with Crippen molar-refractivity contribution in [2.45, 2.75) is 50.6 Å². The number of nitrogens with zero attached hydrogens (tertiary/aromatic N) is 2. The fourth-order valence-corrected chi connectivity index (χ4v) is 4.31. The molecule has 2 atom stereocenters. The van der Waals surface area contributed by atoms with Crippen LogP contribution < -0.4 is 16.4 Å². The lowest BCUT2D eigenvalue weighted by Crippen LogP contribution is -2.53. The highest BCUT2D eigenvalue weighted by molar-refractivity contribution is 5.94. The van der Waals surface area contributed by atoms with Gasteiger partial charge in [0, 0.05) is 25.7 Å². The van der Waals surface area contributed by atoms with Gasteiger partial charge in [-0.3, -0.25) is 24.6 Å². The normalized spacial score (nSPS) is 18.3. The number of nitrogens with two attached hydrogens (primary N) is 1. The molecule has 0 aromatic heterocycles. The Morgan fingerprint density at radius 3 is 2.49 bits per heavy atom. The zero-order valence-corrected chi connectivity index (χ0v) is 19.7. The summed E-state index contributed by atoms with van der Waals surface area (Å²) < 4.78 is 0. The van der Waals surface area contributed by atoms with Crippen LogP contribution in [-0.4, -0.2) is 82.8 Å². The molecule has 6 N–H and O–H groups in total. The van der Waals surface area contributed by atoms with E-state index in [0.29, 0.717) is 32.5 Å². The predicted octanol–water partition coefficient (Wildman–Crippen LogP) is -0.0987. The van der Waals surface area contributed by atoms with E-state index in [1.54, 1.807) is 29.2 Å². The summed E-state index contributed by atoms with van der Waals surface area (Å²) in [6, 6.07) is 7.68. The van der Waals surface area contributed by atoms with Gasteiger partial charge in [-0.2, -0.15) is 0 Å². The Bertz CT molecular complexity index is 936. The summed E-state index contributed by atoms with van der Waals surface area (Å²) in [5.41, 5.74) is 6.34. The highest BCUT2D eigenvalue weighted by Crippen LogP contribution is 2.27. The SMILES string of the molecule is N=C(N)N1CCC[C@@H](CNC(=O)C[C@H](NC(=O)Cc2ccccc2)C(=O)N(CC(=O)O)C2CC2)C1. The van der Waals surface area contributed by atoms with Crippen molar-refractivity contribution in [1.82, 2.24) is 20.4 Å². The zero-order chi connectivity index (χ0) is 25.4. The maximum atomic E-state index is 13.2. The van der Waals surface area contributed by atoms with Crippen LogP contribution in [0.3, 0.4) is 0 Å². The second kappa shape index (κ2) is 12.2. The first kappa shape index (κ1) is 26.0. The minimum Gasteiger partial charge on any atom is -0.480 e. The fraction of sp³-hybridized carbons (Fsp3) is 0.542. The summed E-state index contributed by atoms with van der Waals surface area (Å²) in [6.07, 6.45) is 2.90. The van der Waals surface area contributed by atoms with Gasteiger partial charge in [0.1, 0.15) is 12.6 Å². The molecule has 1 aromatic carbocycles. The molecule has 0 radical (unpaired) electrons. The Labute approximate surface area is 204 Å². The summed E-state index contributed by atoms with van der Waals surface area (Å²) in [5.74, 6) is -2.41. The van der Waals surface area contributed by atoms with Crippen molar-refractivity contribution < 1.29 is 24.3 Å². The lowest BCUT2D eigenvalue weighted by molar-refractivity contribution is -0.146. The number of benzene rings is 1. The standard InChI is InChI=1S/C24H34N6O5/c25-24(26)29-10-4-7-17(14-29)13-27-20(31)12-19(23(35)30(15-22(33)34)18-8-9-18)28-21(32)11-16-5-2-1-3-6-16/h1-3,5-6,17-19H,4,7-15H2,(H3,25,26)(H,27,31)(H,28,32)(H,33,34)/t17-,19-/m0/s1. The third kappa shape index (κ3) is 8.27. The number of aliphatic carboxylic acids is 1. The van der Waals surface area contributed by atoms with E-state index in [1.807, 2.05) is 6.07 Å². The van der Waals surface area contributed by atoms with Gasteiger partial charge >= 0.3 is 5.97 Å². The number of amides is 3. The van der Waals surface area contributed by atoms with Gasteiger partial charge in [-0.25, -0.2) is 0 Å². The molecule has 0 unspecified atom stereocenters. The van der Waals surface area contributed by atoms with Crippen LogP contribution in [-0.2, 0) is 25.6 Å². The monoisotopic (exact) mass is 486 g/mol. The molecule has 190 valence electrons. The quantitative estimate of drug-likeness (QED) is 0.215. The minimum absolute atomic E-state index is 0.00594. The minimum atomic E-state index is -1.16. The van der Waals surface area contributed by atoms with E-state index < -0.39 is 36.3 Å². The molecule has 1 aliphatic heterocycles. The van der Waals surface area contributed by atoms with Crippen LogP contribution >= 0.6 is 0 Å². The Morgan fingerprint density at radius 1 is 1.14 bits per heavy atom. The number of piperidine rings is 1. The van der Waals surface area contributed by atoms with Crippen molar-refractivity contribution in [2.75, 3.05) is 26.2 Å². The van der Waals surface area contributed by atoms with Crippen LogP contribution in [0.1, 0.15) is 37.7 Å². The number of hydrogen-bond donors (Lipinski definition) is 5. The fourth-order valence-electron chi connectivity index (χ4n) is 4.31. The van der Waals surface area contributed by atoms with Crippen LogP contribution in [0.25, 0.3) is 0 Å². The number of carbonyl (C=O) groups is 4.